The van der Waals surface area contributed by atoms with E-state index in [0.717, 1.165) is 30.4 Å². The lowest BCUT2D eigenvalue weighted by Crippen LogP contribution is -2.24. The maximum atomic E-state index is 11.9. The molecule has 5 heteroatoms. The van der Waals surface area contributed by atoms with E-state index in [-0.39, 0.29) is 12.5 Å². The van der Waals surface area contributed by atoms with Crippen molar-refractivity contribution in [2.24, 2.45) is 5.92 Å². The lowest BCUT2D eigenvalue weighted by atomic mass is 9.94. The molecule has 23 heavy (non-hydrogen) atoms. The van der Waals surface area contributed by atoms with Gasteiger partial charge in [-0.05, 0) is 37.3 Å². The first kappa shape index (κ1) is 17.6. The zero-order valence-electron chi connectivity index (χ0n) is 13.4. The van der Waals surface area contributed by atoms with Gasteiger partial charge in [-0.2, -0.15) is 0 Å². The highest BCUT2D eigenvalue weighted by Crippen LogP contribution is 2.26. The van der Waals surface area contributed by atoms with E-state index in [1.165, 1.54) is 0 Å². The molecule has 0 radical (unpaired) electrons. The summed E-state index contributed by atoms with van der Waals surface area (Å²) in [6, 6.07) is 7.66. The molecule has 1 aliphatic carbocycles. The van der Waals surface area contributed by atoms with Gasteiger partial charge in [-0.3, -0.25) is 9.59 Å². The van der Waals surface area contributed by atoms with Gasteiger partial charge in [-0.1, -0.05) is 24.3 Å². The van der Waals surface area contributed by atoms with E-state index in [9.17, 15) is 14.7 Å². The second-order valence-corrected chi connectivity index (χ2v) is 6.19. The molecule has 0 amide bonds. The third-order valence-electron chi connectivity index (χ3n) is 4.38. The van der Waals surface area contributed by atoms with Gasteiger partial charge in [0, 0.05) is 12.3 Å². The van der Waals surface area contributed by atoms with Crippen LogP contribution in [-0.4, -0.2) is 41.3 Å². The van der Waals surface area contributed by atoms with Crippen LogP contribution in [-0.2, 0) is 20.7 Å². The Kier molecular flexibility index (Phi) is 6.30. The van der Waals surface area contributed by atoms with Gasteiger partial charge < -0.3 is 14.9 Å². The highest BCUT2D eigenvalue weighted by Gasteiger charge is 2.24. The summed E-state index contributed by atoms with van der Waals surface area (Å²) in [5.74, 6) is -0.379. The molecule has 1 aromatic carbocycles. The maximum absolute atomic E-state index is 11.9. The molecule has 0 aliphatic heterocycles. The fraction of sp³-hybridized carbons (Fsp3) is 0.556. The standard InChI is InChI=1S/C18H24O5/c1-12(18(22)23-11-16(20)10-19)14-7-5-13(6-8-14)9-15-3-2-4-17(15)21/h5-8,12,15-16,19-20H,2-4,9-11H2,1H3/t12?,15?,16-/m0/s1. The lowest BCUT2D eigenvalue weighted by molar-refractivity contribution is -0.148. The molecule has 5 nitrogen and oxygen atoms in total. The van der Waals surface area contributed by atoms with Crippen molar-refractivity contribution in [1.82, 2.24) is 0 Å². The van der Waals surface area contributed by atoms with Crippen molar-refractivity contribution in [3.63, 3.8) is 0 Å². The van der Waals surface area contributed by atoms with E-state index in [1.54, 1.807) is 6.92 Å². The van der Waals surface area contributed by atoms with Crippen molar-refractivity contribution in [2.45, 2.75) is 44.6 Å². The largest absolute Gasteiger partial charge is 0.462 e. The summed E-state index contributed by atoms with van der Waals surface area (Å²) in [7, 11) is 0. The highest BCUT2D eigenvalue weighted by molar-refractivity contribution is 5.83. The fourth-order valence-electron chi connectivity index (χ4n) is 2.82. The Labute approximate surface area is 136 Å². The molecule has 3 atom stereocenters. The zero-order valence-corrected chi connectivity index (χ0v) is 13.4. The van der Waals surface area contributed by atoms with E-state index >= 15 is 0 Å². The minimum absolute atomic E-state index is 0.142. The topological polar surface area (TPSA) is 83.8 Å². The number of hydrogen-bond acceptors (Lipinski definition) is 5. The van der Waals surface area contributed by atoms with Gasteiger partial charge in [0.1, 0.15) is 18.5 Å². The van der Waals surface area contributed by atoms with Crippen molar-refractivity contribution in [3.8, 4) is 0 Å². The number of benzene rings is 1. The molecule has 0 aromatic heterocycles. The van der Waals surface area contributed by atoms with Gasteiger partial charge in [0.15, 0.2) is 0 Å². The smallest absolute Gasteiger partial charge is 0.313 e. The minimum Gasteiger partial charge on any atom is -0.462 e. The van der Waals surface area contributed by atoms with Crippen molar-refractivity contribution in [3.05, 3.63) is 35.4 Å². The molecule has 1 saturated carbocycles. The molecule has 0 spiro atoms. The van der Waals surface area contributed by atoms with Crippen LogP contribution < -0.4 is 0 Å². The van der Waals surface area contributed by atoms with Crippen LogP contribution >= 0.6 is 0 Å². The Bertz CT molecular complexity index is 537. The highest BCUT2D eigenvalue weighted by atomic mass is 16.5. The van der Waals surface area contributed by atoms with E-state index in [1.807, 2.05) is 24.3 Å². The number of Topliss-reactive ketones (excluding diaryl/α,β-unsaturated/α-hetero) is 1. The van der Waals surface area contributed by atoms with Crippen molar-refractivity contribution >= 4 is 11.8 Å². The Morgan fingerprint density at radius 2 is 2.04 bits per heavy atom. The first-order valence-corrected chi connectivity index (χ1v) is 8.08. The van der Waals surface area contributed by atoms with Crippen molar-refractivity contribution in [1.29, 1.82) is 0 Å². The van der Waals surface area contributed by atoms with Gasteiger partial charge in [-0.25, -0.2) is 0 Å². The third kappa shape index (κ3) is 4.88. The van der Waals surface area contributed by atoms with Gasteiger partial charge in [0.25, 0.3) is 0 Å². The number of hydrogen-bond donors (Lipinski definition) is 2. The summed E-state index contributed by atoms with van der Waals surface area (Å²) >= 11 is 0. The second kappa shape index (κ2) is 8.22. The van der Waals surface area contributed by atoms with E-state index in [0.29, 0.717) is 12.2 Å². The number of carbonyl (C=O) groups is 2. The number of ketones is 1. The molecule has 0 heterocycles. The maximum Gasteiger partial charge on any atom is 0.313 e. The van der Waals surface area contributed by atoms with Gasteiger partial charge in [-0.15, -0.1) is 0 Å². The van der Waals surface area contributed by atoms with Crippen LogP contribution in [0.5, 0.6) is 0 Å². The average Bonchev–Trinajstić information content (AvgIpc) is 2.97. The Balaban J connectivity index is 1.90. The average molecular weight is 320 g/mol. The van der Waals surface area contributed by atoms with E-state index in [2.05, 4.69) is 0 Å². The molecule has 126 valence electrons. The predicted molar refractivity (Wildman–Crippen MR) is 85.0 cm³/mol. The number of ether oxygens (including phenoxy) is 1. The van der Waals surface area contributed by atoms with Crippen LogP contribution in [0.15, 0.2) is 24.3 Å². The molecule has 1 aliphatic rings. The number of esters is 1. The van der Waals surface area contributed by atoms with Crippen LogP contribution in [0.2, 0.25) is 0 Å². The molecular formula is C18H24O5. The fourth-order valence-corrected chi connectivity index (χ4v) is 2.82. The SMILES string of the molecule is CC(C(=O)OC[C@@H](O)CO)c1ccc(CC2CCCC2=O)cc1. The molecule has 0 bridgehead atoms. The first-order chi connectivity index (χ1) is 11.0. The van der Waals surface area contributed by atoms with Crippen LogP contribution in [0.4, 0.5) is 0 Å². The van der Waals surface area contributed by atoms with Crippen molar-refractivity contribution < 1.29 is 24.5 Å². The molecular weight excluding hydrogens is 296 g/mol. The number of rotatable bonds is 7. The van der Waals surface area contributed by atoms with Crippen LogP contribution in [0.3, 0.4) is 0 Å². The molecule has 2 rings (SSSR count). The number of aliphatic hydroxyl groups excluding tert-OH is 2. The molecule has 1 fully saturated rings. The summed E-state index contributed by atoms with van der Waals surface area (Å²) in [5, 5.41) is 17.9. The minimum atomic E-state index is -1.04. The lowest BCUT2D eigenvalue weighted by Gasteiger charge is -2.14. The van der Waals surface area contributed by atoms with Crippen LogP contribution in [0.1, 0.15) is 43.2 Å². The quantitative estimate of drug-likeness (QED) is 0.746. The molecule has 2 unspecified atom stereocenters. The summed E-state index contributed by atoms with van der Waals surface area (Å²) in [5.41, 5.74) is 1.93. The van der Waals surface area contributed by atoms with Crippen LogP contribution in [0, 0.1) is 5.92 Å². The summed E-state index contributed by atoms with van der Waals surface area (Å²) in [6.45, 7) is 1.10. The molecule has 1 aromatic rings. The summed E-state index contributed by atoms with van der Waals surface area (Å²) < 4.78 is 4.97. The van der Waals surface area contributed by atoms with E-state index in [4.69, 9.17) is 9.84 Å². The summed E-state index contributed by atoms with van der Waals surface area (Å²) in [6.07, 6.45) is 2.38. The zero-order chi connectivity index (χ0) is 16.8. The second-order valence-electron chi connectivity index (χ2n) is 6.19. The van der Waals surface area contributed by atoms with Crippen molar-refractivity contribution in [2.75, 3.05) is 13.2 Å². The predicted octanol–water partition coefficient (Wildman–Crippen LogP) is 1.60. The Morgan fingerprint density at radius 3 is 2.61 bits per heavy atom. The Morgan fingerprint density at radius 1 is 1.35 bits per heavy atom. The third-order valence-corrected chi connectivity index (χ3v) is 4.38. The number of aliphatic hydroxyl groups is 2. The summed E-state index contributed by atoms with van der Waals surface area (Å²) in [4.78, 5) is 23.6. The van der Waals surface area contributed by atoms with Crippen LogP contribution in [0.25, 0.3) is 0 Å². The monoisotopic (exact) mass is 320 g/mol. The van der Waals surface area contributed by atoms with E-state index < -0.39 is 24.6 Å². The molecule has 0 saturated heterocycles. The number of carbonyl (C=O) groups excluding carboxylic acids is 2. The van der Waals surface area contributed by atoms with Gasteiger partial charge >= 0.3 is 5.97 Å². The normalized spacial score (nSPS) is 20.3. The first-order valence-electron chi connectivity index (χ1n) is 8.08. The Hall–Kier alpha value is -1.72. The van der Waals surface area contributed by atoms with Gasteiger partial charge in [0.2, 0.25) is 0 Å². The molecule has 2 N–H and O–H groups in total. The van der Waals surface area contributed by atoms with Gasteiger partial charge in [0.05, 0.1) is 12.5 Å².